The summed E-state index contributed by atoms with van der Waals surface area (Å²) in [5.41, 5.74) is 5.45. The van der Waals surface area contributed by atoms with Gasteiger partial charge in [0, 0.05) is 0 Å². The summed E-state index contributed by atoms with van der Waals surface area (Å²) in [5, 5.41) is 9.36. The number of carbonyl (C=O) groups excluding carboxylic acids is 1. The van der Waals surface area contributed by atoms with Crippen LogP contribution in [0.25, 0.3) is 0 Å². The van der Waals surface area contributed by atoms with Gasteiger partial charge in [0.25, 0.3) is 0 Å². The predicted molar refractivity (Wildman–Crippen MR) is 77.9 cm³/mol. The van der Waals surface area contributed by atoms with Gasteiger partial charge in [0.15, 0.2) is 0 Å². The van der Waals surface area contributed by atoms with Crippen molar-refractivity contribution in [2.75, 3.05) is 0 Å². The van der Waals surface area contributed by atoms with Gasteiger partial charge >= 0.3 is 5.97 Å². The second kappa shape index (κ2) is 5.60. The lowest BCUT2D eigenvalue weighted by Crippen LogP contribution is -2.30. The number of esters is 1. The minimum absolute atomic E-state index is 0.0336. The fourth-order valence-electron chi connectivity index (χ4n) is 2.22. The van der Waals surface area contributed by atoms with E-state index in [0.717, 1.165) is 0 Å². The van der Waals surface area contributed by atoms with Crippen molar-refractivity contribution in [1.82, 2.24) is 0 Å². The number of nitrogens with two attached hydrogens (primary N) is 1. The zero-order valence-electron chi connectivity index (χ0n) is 13.0. The molecule has 1 aliphatic heterocycles. The van der Waals surface area contributed by atoms with Crippen LogP contribution in [0.5, 0.6) is 0 Å². The Balaban J connectivity index is 2.52. The average molecular weight is 302 g/mol. The van der Waals surface area contributed by atoms with Gasteiger partial charge in [-0.15, -0.1) is 0 Å². The maximum Gasteiger partial charge on any atom is 0.339 e. The molecule has 1 aromatic heterocycles. The van der Waals surface area contributed by atoms with E-state index in [0.29, 0.717) is 11.5 Å². The van der Waals surface area contributed by atoms with Crippen molar-refractivity contribution < 1.29 is 18.7 Å². The van der Waals surface area contributed by atoms with Gasteiger partial charge in [-0.3, -0.25) is 0 Å². The zero-order valence-corrected chi connectivity index (χ0v) is 13.0. The molecule has 6 nitrogen and oxygen atoms in total. The first kappa shape index (κ1) is 15.7. The Labute approximate surface area is 128 Å². The molecule has 0 saturated carbocycles. The molecule has 2 N–H and O–H groups in total. The summed E-state index contributed by atoms with van der Waals surface area (Å²) in [6.07, 6.45) is 1.47. The van der Waals surface area contributed by atoms with E-state index in [1.54, 1.807) is 39.8 Å². The molecule has 0 aromatic carbocycles. The van der Waals surface area contributed by atoms with E-state index in [2.05, 4.69) is 0 Å². The Hall–Kier alpha value is -2.68. The average Bonchev–Trinajstić information content (AvgIpc) is 2.88. The highest BCUT2D eigenvalue weighted by molar-refractivity contribution is 5.92. The molecule has 1 atom stereocenters. The number of nitrogens with zero attached hydrogens (tertiary/aromatic N) is 1. The lowest BCUT2D eigenvalue weighted by atomic mass is 9.87. The van der Waals surface area contributed by atoms with Crippen molar-refractivity contribution in [2.45, 2.75) is 39.2 Å². The molecule has 0 spiro atoms. The molecule has 0 bridgehead atoms. The summed E-state index contributed by atoms with van der Waals surface area (Å²) < 4.78 is 16.1. The summed E-state index contributed by atoms with van der Waals surface area (Å²) in [6.45, 7) is 6.90. The number of nitriles is 1. The number of ether oxygens (including phenoxy) is 2. The fourth-order valence-corrected chi connectivity index (χ4v) is 2.22. The lowest BCUT2D eigenvalue weighted by Gasteiger charge is -2.28. The molecule has 0 saturated heterocycles. The highest BCUT2D eigenvalue weighted by atomic mass is 16.6. The van der Waals surface area contributed by atoms with Crippen LogP contribution in [0.2, 0.25) is 0 Å². The minimum Gasteiger partial charge on any atom is -0.468 e. The van der Waals surface area contributed by atoms with Crippen LogP contribution in [0.4, 0.5) is 0 Å². The minimum atomic E-state index is -0.733. The molecule has 1 aliphatic rings. The van der Waals surface area contributed by atoms with Gasteiger partial charge in [0.1, 0.15) is 28.8 Å². The van der Waals surface area contributed by atoms with Crippen molar-refractivity contribution >= 4 is 5.97 Å². The highest BCUT2D eigenvalue weighted by Crippen LogP contribution is 2.40. The number of rotatable bonds is 2. The second-order valence-electron chi connectivity index (χ2n) is 5.91. The molecule has 0 amide bonds. The second-order valence-corrected chi connectivity index (χ2v) is 5.91. The van der Waals surface area contributed by atoms with Crippen LogP contribution in [0.3, 0.4) is 0 Å². The molecule has 1 aromatic rings. The van der Waals surface area contributed by atoms with Crippen LogP contribution in [-0.2, 0) is 14.3 Å². The Morgan fingerprint density at radius 2 is 2.14 bits per heavy atom. The van der Waals surface area contributed by atoms with Crippen molar-refractivity contribution in [2.24, 2.45) is 5.73 Å². The van der Waals surface area contributed by atoms with Crippen LogP contribution in [0.1, 0.15) is 39.4 Å². The van der Waals surface area contributed by atoms with Crippen LogP contribution >= 0.6 is 0 Å². The molecule has 6 heteroatoms. The number of allylic oxidation sites excluding steroid dienone is 2. The lowest BCUT2D eigenvalue weighted by molar-refractivity contribution is -0.150. The third kappa shape index (κ3) is 2.98. The molecule has 0 fully saturated rings. The van der Waals surface area contributed by atoms with E-state index >= 15 is 0 Å². The standard InChI is InChI=1S/C16H18N2O4/c1-9-12(15(19)22-16(2,3)4)13(11-6-5-7-20-11)10(8-17)14(18)21-9/h5-7,13H,18H2,1-4H3/t13-/m0/s1. The fraction of sp³-hybridized carbons (Fsp3) is 0.375. The van der Waals surface area contributed by atoms with Crippen molar-refractivity contribution in [3.63, 3.8) is 0 Å². The van der Waals surface area contributed by atoms with E-state index in [1.807, 2.05) is 6.07 Å². The summed E-state index contributed by atoms with van der Waals surface area (Å²) in [6, 6.07) is 5.35. The van der Waals surface area contributed by atoms with Crippen LogP contribution in [0, 0.1) is 11.3 Å². The monoisotopic (exact) mass is 302 g/mol. The Kier molecular flexibility index (Phi) is 4.00. The van der Waals surface area contributed by atoms with Crippen molar-refractivity contribution in [3.8, 4) is 6.07 Å². The quantitative estimate of drug-likeness (QED) is 0.843. The molecule has 116 valence electrons. The van der Waals surface area contributed by atoms with Gasteiger partial charge in [0.2, 0.25) is 5.88 Å². The summed E-state index contributed by atoms with van der Waals surface area (Å²) in [7, 11) is 0. The van der Waals surface area contributed by atoms with Gasteiger partial charge in [-0.25, -0.2) is 4.79 Å². The number of furan rings is 1. The highest BCUT2D eigenvalue weighted by Gasteiger charge is 2.39. The maximum absolute atomic E-state index is 12.5. The smallest absolute Gasteiger partial charge is 0.339 e. The molecule has 2 heterocycles. The van der Waals surface area contributed by atoms with Crippen LogP contribution in [-0.4, -0.2) is 11.6 Å². The van der Waals surface area contributed by atoms with Gasteiger partial charge in [-0.05, 0) is 39.8 Å². The number of hydrogen-bond donors (Lipinski definition) is 1. The van der Waals surface area contributed by atoms with Gasteiger partial charge in [-0.1, -0.05) is 0 Å². The topological polar surface area (TPSA) is 98.5 Å². The SMILES string of the molecule is CC1=C(C(=O)OC(C)(C)C)[C@H](c2ccco2)C(C#N)=C(N)O1. The number of hydrogen-bond acceptors (Lipinski definition) is 6. The maximum atomic E-state index is 12.5. The third-order valence-corrected chi connectivity index (χ3v) is 3.05. The molecule has 22 heavy (non-hydrogen) atoms. The van der Waals surface area contributed by atoms with Crippen molar-refractivity contribution in [1.29, 1.82) is 5.26 Å². The van der Waals surface area contributed by atoms with E-state index in [-0.39, 0.29) is 17.0 Å². The first-order valence-electron chi connectivity index (χ1n) is 6.79. The summed E-state index contributed by atoms with van der Waals surface area (Å²) in [4.78, 5) is 12.5. The van der Waals surface area contributed by atoms with E-state index in [1.165, 1.54) is 6.26 Å². The first-order chi connectivity index (χ1) is 10.2. The predicted octanol–water partition coefficient (Wildman–Crippen LogP) is 2.70. The van der Waals surface area contributed by atoms with Gasteiger partial charge in [0.05, 0.1) is 17.8 Å². The van der Waals surface area contributed by atoms with E-state index in [9.17, 15) is 10.1 Å². The third-order valence-electron chi connectivity index (χ3n) is 3.05. The van der Waals surface area contributed by atoms with Gasteiger partial charge < -0.3 is 19.6 Å². The molecular weight excluding hydrogens is 284 g/mol. The molecule has 2 rings (SSSR count). The molecule has 0 radical (unpaired) electrons. The van der Waals surface area contributed by atoms with E-state index < -0.39 is 17.5 Å². The summed E-state index contributed by atoms with van der Waals surface area (Å²) in [5.74, 6) is -0.598. The molecular formula is C16H18N2O4. The first-order valence-corrected chi connectivity index (χ1v) is 6.79. The Morgan fingerprint density at radius 3 is 2.64 bits per heavy atom. The van der Waals surface area contributed by atoms with Gasteiger partial charge in [-0.2, -0.15) is 5.26 Å². The van der Waals surface area contributed by atoms with E-state index in [4.69, 9.17) is 19.6 Å². The largest absolute Gasteiger partial charge is 0.468 e. The zero-order chi connectivity index (χ0) is 16.5. The van der Waals surface area contributed by atoms with Crippen LogP contribution in [0.15, 0.2) is 45.6 Å². The Morgan fingerprint density at radius 1 is 1.45 bits per heavy atom. The summed E-state index contributed by atoms with van der Waals surface area (Å²) >= 11 is 0. The van der Waals surface area contributed by atoms with Crippen LogP contribution < -0.4 is 5.73 Å². The normalized spacial score (nSPS) is 18.8. The molecule has 0 unspecified atom stereocenters. The van der Waals surface area contributed by atoms with Crippen molar-refractivity contribution in [3.05, 3.63) is 46.9 Å². The number of carbonyl (C=O) groups is 1. The molecule has 0 aliphatic carbocycles. The Bertz CT molecular complexity index is 685.